The largest absolute Gasteiger partial charge is 0.326 e. The Morgan fingerprint density at radius 1 is 1.33 bits per heavy atom. The van der Waals surface area contributed by atoms with Crippen LogP contribution in [0, 0.1) is 5.92 Å². The smallest absolute Gasteiger partial charge is 0.224 e. The minimum absolute atomic E-state index is 0.113. The lowest BCUT2D eigenvalue weighted by Gasteiger charge is -2.08. The summed E-state index contributed by atoms with van der Waals surface area (Å²) in [7, 11) is 0. The zero-order chi connectivity index (χ0) is 11.1. The summed E-state index contributed by atoms with van der Waals surface area (Å²) in [6.45, 7) is 4.33. The van der Waals surface area contributed by atoms with E-state index in [2.05, 4.69) is 19.2 Å². The molecule has 0 aliphatic rings. The van der Waals surface area contributed by atoms with E-state index in [4.69, 9.17) is 0 Å². The quantitative estimate of drug-likeness (QED) is 0.783. The molecule has 15 heavy (non-hydrogen) atoms. The zero-order valence-electron chi connectivity index (χ0n) is 9.49. The molecule has 0 saturated carbocycles. The van der Waals surface area contributed by atoms with Gasteiger partial charge in [0.2, 0.25) is 5.91 Å². The highest BCUT2D eigenvalue weighted by Gasteiger charge is 2.04. The third kappa shape index (κ3) is 4.63. The van der Waals surface area contributed by atoms with Gasteiger partial charge in [-0.15, -0.1) is 0 Å². The predicted octanol–water partition coefficient (Wildman–Crippen LogP) is 3.45. The SMILES string of the molecule is CC[C@@H](C)CCC(=O)Nc1ccccc1. The molecule has 2 nitrogen and oxygen atoms in total. The van der Waals surface area contributed by atoms with Gasteiger partial charge in [0.25, 0.3) is 0 Å². The number of hydrogen-bond donors (Lipinski definition) is 1. The maximum atomic E-state index is 11.5. The summed E-state index contributed by atoms with van der Waals surface area (Å²) in [6, 6.07) is 9.59. The third-order valence-corrected chi connectivity index (χ3v) is 2.62. The highest BCUT2D eigenvalue weighted by atomic mass is 16.1. The average Bonchev–Trinajstić information content (AvgIpc) is 2.27. The maximum absolute atomic E-state index is 11.5. The molecule has 1 aromatic carbocycles. The van der Waals surface area contributed by atoms with Gasteiger partial charge in [-0.3, -0.25) is 4.79 Å². The molecule has 0 aromatic heterocycles. The van der Waals surface area contributed by atoms with Gasteiger partial charge in [-0.1, -0.05) is 38.5 Å². The molecular formula is C13H19NO. The topological polar surface area (TPSA) is 29.1 Å². The molecule has 1 rings (SSSR count). The first-order valence-corrected chi connectivity index (χ1v) is 5.57. The molecule has 82 valence electrons. The van der Waals surface area contributed by atoms with Gasteiger partial charge in [0.1, 0.15) is 0 Å². The van der Waals surface area contributed by atoms with Crippen molar-refractivity contribution in [3.05, 3.63) is 30.3 Å². The summed E-state index contributed by atoms with van der Waals surface area (Å²) in [5.41, 5.74) is 0.881. The number of anilines is 1. The van der Waals surface area contributed by atoms with Crippen molar-refractivity contribution in [2.24, 2.45) is 5.92 Å². The first-order valence-electron chi connectivity index (χ1n) is 5.57. The minimum Gasteiger partial charge on any atom is -0.326 e. The normalized spacial score (nSPS) is 12.1. The highest BCUT2D eigenvalue weighted by molar-refractivity contribution is 5.90. The number of carbonyl (C=O) groups excluding carboxylic acids is 1. The number of hydrogen-bond acceptors (Lipinski definition) is 1. The van der Waals surface area contributed by atoms with Gasteiger partial charge in [-0.25, -0.2) is 0 Å². The lowest BCUT2D eigenvalue weighted by molar-refractivity contribution is -0.116. The fourth-order valence-electron chi connectivity index (χ4n) is 1.33. The van der Waals surface area contributed by atoms with Crippen molar-refractivity contribution in [2.75, 3.05) is 5.32 Å². The van der Waals surface area contributed by atoms with E-state index in [1.165, 1.54) is 0 Å². The molecule has 1 amide bonds. The summed E-state index contributed by atoms with van der Waals surface area (Å²) in [5.74, 6) is 0.744. The Hall–Kier alpha value is -1.31. The second-order valence-corrected chi connectivity index (χ2v) is 3.97. The number of para-hydroxylation sites is 1. The van der Waals surface area contributed by atoms with Gasteiger partial charge in [0.05, 0.1) is 0 Å². The van der Waals surface area contributed by atoms with Crippen LogP contribution in [0.15, 0.2) is 30.3 Å². The predicted molar refractivity (Wildman–Crippen MR) is 63.8 cm³/mol. The van der Waals surface area contributed by atoms with Crippen LogP contribution in [0.3, 0.4) is 0 Å². The molecule has 0 heterocycles. The van der Waals surface area contributed by atoms with E-state index in [1.54, 1.807) is 0 Å². The highest BCUT2D eigenvalue weighted by Crippen LogP contribution is 2.11. The zero-order valence-corrected chi connectivity index (χ0v) is 9.49. The second kappa shape index (κ2) is 6.23. The summed E-state index contributed by atoms with van der Waals surface area (Å²) in [4.78, 5) is 11.5. The molecule has 0 radical (unpaired) electrons. The van der Waals surface area contributed by atoms with Gasteiger partial charge in [-0.2, -0.15) is 0 Å². The molecule has 0 aliphatic carbocycles. The van der Waals surface area contributed by atoms with Crippen LogP contribution in [0.1, 0.15) is 33.1 Å². The van der Waals surface area contributed by atoms with Gasteiger partial charge in [0.15, 0.2) is 0 Å². The van der Waals surface area contributed by atoms with Crippen molar-refractivity contribution < 1.29 is 4.79 Å². The summed E-state index contributed by atoms with van der Waals surface area (Å²) in [6.07, 6.45) is 2.72. The van der Waals surface area contributed by atoms with Crippen LogP contribution in [0.25, 0.3) is 0 Å². The van der Waals surface area contributed by atoms with Crippen molar-refractivity contribution in [3.63, 3.8) is 0 Å². The second-order valence-electron chi connectivity index (χ2n) is 3.97. The van der Waals surface area contributed by atoms with Gasteiger partial charge >= 0.3 is 0 Å². The average molecular weight is 205 g/mol. The Kier molecular flexibility index (Phi) is 4.88. The van der Waals surface area contributed by atoms with E-state index in [-0.39, 0.29) is 5.91 Å². The first kappa shape index (κ1) is 11.8. The Morgan fingerprint density at radius 2 is 2.00 bits per heavy atom. The van der Waals surface area contributed by atoms with Crippen molar-refractivity contribution in [3.8, 4) is 0 Å². The van der Waals surface area contributed by atoms with Crippen LogP contribution in [-0.4, -0.2) is 5.91 Å². The number of amides is 1. The van der Waals surface area contributed by atoms with Crippen molar-refractivity contribution in [1.82, 2.24) is 0 Å². The standard InChI is InChI=1S/C13H19NO/c1-3-11(2)9-10-13(15)14-12-7-5-4-6-8-12/h4-8,11H,3,9-10H2,1-2H3,(H,14,15)/t11-/m1/s1. The Bertz CT molecular complexity index is 295. The summed E-state index contributed by atoms with van der Waals surface area (Å²) in [5, 5.41) is 2.88. The maximum Gasteiger partial charge on any atom is 0.224 e. The fraction of sp³-hybridized carbons (Fsp3) is 0.462. The van der Waals surface area contributed by atoms with Crippen LogP contribution in [-0.2, 0) is 4.79 Å². The van der Waals surface area contributed by atoms with E-state index in [1.807, 2.05) is 30.3 Å². The van der Waals surface area contributed by atoms with Crippen LogP contribution < -0.4 is 5.32 Å². The Labute approximate surface area is 91.7 Å². The molecule has 0 unspecified atom stereocenters. The van der Waals surface area contributed by atoms with Gasteiger partial charge in [-0.05, 0) is 24.5 Å². The lowest BCUT2D eigenvalue weighted by Crippen LogP contribution is -2.12. The van der Waals surface area contributed by atoms with Crippen LogP contribution in [0.5, 0.6) is 0 Å². The summed E-state index contributed by atoms with van der Waals surface area (Å²) >= 11 is 0. The van der Waals surface area contributed by atoms with E-state index in [9.17, 15) is 4.79 Å². The molecule has 0 saturated heterocycles. The molecule has 0 bridgehead atoms. The molecule has 1 atom stereocenters. The van der Waals surface area contributed by atoms with Crippen LogP contribution >= 0.6 is 0 Å². The first-order chi connectivity index (χ1) is 7.22. The molecule has 0 fully saturated rings. The molecule has 0 aliphatic heterocycles. The van der Waals surface area contributed by atoms with Crippen molar-refractivity contribution in [1.29, 1.82) is 0 Å². The molecular weight excluding hydrogens is 186 g/mol. The Balaban J connectivity index is 2.31. The number of nitrogens with one attached hydrogen (secondary N) is 1. The molecule has 1 N–H and O–H groups in total. The van der Waals surface area contributed by atoms with Crippen molar-refractivity contribution in [2.45, 2.75) is 33.1 Å². The van der Waals surface area contributed by atoms with Gasteiger partial charge in [0, 0.05) is 12.1 Å². The summed E-state index contributed by atoms with van der Waals surface area (Å²) < 4.78 is 0. The number of benzene rings is 1. The van der Waals surface area contributed by atoms with E-state index in [0.29, 0.717) is 12.3 Å². The van der Waals surface area contributed by atoms with Crippen LogP contribution in [0.2, 0.25) is 0 Å². The molecule has 0 spiro atoms. The van der Waals surface area contributed by atoms with Crippen LogP contribution in [0.4, 0.5) is 5.69 Å². The van der Waals surface area contributed by atoms with Gasteiger partial charge < -0.3 is 5.32 Å². The minimum atomic E-state index is 0.113. The number of carbonyl (C=O) groups is 1. The lowest BCUT2D eigenvalue weighted by atomic mass is 10.0. The number of rotatable bonds is 5. The van der Waals surface area contributed by atoms with E-state index < -0.39 is 0 Å². The molecule has 1 aromatic rings. The van der Waals surface area contributed by atoms with E-state index in [0.717, 1.165) is 18.5 Å². The van der Waals surface area contributed by atoms with Crippen molar-refractivity contribution >= 4 is 11.6 Å². The molecule has 2 heteroatoms. The Morgan fingerprint density at radius 3 is 2.60 bits per heavy atom. The fourth-order valence-corrected chi connectivity index (χ4v) is 1.33. The monoisotopic (exact) mass is 205 g/mol. The van der Waals surface area contributed by atoms with E-state index >= 15 is 0 Å². The third-order valence-electron chi connectivity index (χ3n) is 2.62.